The van der Waals surface area contributed by atoms with Crippen LogP contribution in [0.25, 0.3) is 5.69 Å². The summed E-state index contributed by atoms with van der Waals surface area (Å²) in [7, 11) is 0. The number of nitrogens with two attached hydrogens (primary N) is 1. The number of nitrogen functional groups attached to an aromatic ring is 1. The van der Waals surface area contributed by atoms with Gasteiger partial charge in [0, 0.05) is 6.20 Å². The van der Waals surface area contributed by atoms with Crippen molar-refractivity contribution in [3.63, 3.8) is 0 Å². The van der Waals surface area contributed by atoms with Gasteiger partial charge in [0.2, 0.25) is 5.95 Å². The van der Waals surface area contributed by atoms with E-state index in [0.717, 1.165) is 12.1 Å². The Hall–Kier alpha value is -1.69. The van der Waals surface area contributed by atoms with Gasteiger partial charge in [-0.2, -0.15) is 13.2 Å². The van der Waals surface area contributed by atoms with E-state index in [-0.39, 0.29) is 11.0 Å². The molecule has 0 atom stereocenters. The molecule has 0 aliphatic rings. The van der Waals surface area contributed by atoms with Gasteiger partial charge in [-0.25, -0.2) is 4.98 Å². The number of hydrogen-bond donors (Lipinski definition) is 1. The number of nitrogens with zero attached hydrogens (tertiary/aromatic N) is 2. The number of aryl methyl sites for hydroxylation is 1. The first-order valence-electron chi connectivity index (χ1n) is 4.97. The van der Waals surface area contributed by atoms with E-state index in [0.29, 0.717) is 11.4 Å². The number of aromatic nitrogens is 2. The summed E-state index contributed by atoms with van der Waals surface area (Å²) >= 11 is 5.85. The van der Waals surface area contributed by atoms with E-state index in [4.69, 9.17) is 17.3 Å². The Morgan fingerprint density at radius 1 is 1.33 bits per heavy atom. The minimum atomic E-state index is -4.42. The van der Waals surface area contributed by atoms with Crippen LogP contribution in [-0.2, 0) is 6.18 Å². The van der Waals surface area contributed by atoms with E-state index < -0.39 is 11.7 Å². The quantitative estimate of drug-likeness (QED) is 0.866. The molecule has 3 nitrogen and oxygen atoms in total. The van der Waals surface area contributed by atoms with Crippen LogP contribution >= 0.6 is 11.6 Å². The molecule has 0 aliphatic heterocycles. The summed E-state index contributed by atoms with van der Waals surface area (Å²) < 4.78 is 38.9. The summed E-state index contributed by atoms with van der Waals surface area (Å²) in [5, 5.41) is -0.0334. The van der Waals surface area contributed by atoms with Crippen LogP contribution in [0.3, 0.4) is 0 Å². The molecular formula is C11H9ClF3N3. The van der Waals surface area contributed by atoms with Crippen molar-refractivity contribution in [2.24, 2.45) is 0 Å². The van der Waals surface area contributed by atoms with Gasteiger partial charge in [0.25, 0.3) is 0 Å². The molecule has 1 heterocycles. The van der Waals surface area contributed by atoms with E-state index in [1.165, 1.54) is 10.6 Å². The highest BCUT2D eigenvalue weighted by Gasteiger charge is 2.31. The Kier molecular flexibility index (Phi) is 2.98. The van der Waals surface area contributed by atoms with Crippen molar-refractivity contribution < 1.29 is 13.2 Å². The third-order valence-corrected chi connectivity index (χ3v) is 2.69. The van der Waals surface area contributed by atoms with Crippen molar-refractivity contribution in [2.75, 3.05) is 5.73 Å². The molecule has 0 radical (unpaired) electrons. The molecule has 1 aromatic carbocycles. The molecule has 0 spiro atoms. The number of alkyl halides is 3. The fourth-order valence-corrected chi connectivity index (χ4v) is 1.86. The van der Waals surface area contributed by atoms with E-state index >= 15 is 0 Å². The van der Waals surface area contributed by atoms with E-state index in [2.05, 4.69) is 4.98 Å². The zero-order valence-electron chi connectivity index (χ0n) is 9.29. The van der Waals surface area contributed by atoms with E-state index in [9.17, 15) is 13.2 Å². The van der Waals surface area contributed by atoms with Crippen molar-refractivity contribution in [2.45, 2.75) is 13.1 Å². The Labute approximate surface area is 106 Å². The SMILES string of the molecule is Cc1cn(-c2ccc(C(F)(F)F)cc2Cl)c(N)n1. The van der Waals surface area contributed by atoms with Gasteiger partial charge in [0.1, 0.15) is 0 Å². The number of imidazole rings is 1. The first-order chi connectivity index (χ1) is 8.29. The molecular weight excluding hydrogens is 267 g/mol. The molecule has 0 saturated heterocycles. The molecule has 0 bridgehead atoms. The van der Waals surface area contributed by atoms with Crippen molar-refractivity contribution >= 4 is 17.5 Å². The first kappa shape index (κ1) is 12.8. The Morgan fingerprint density at radius 3 is 2.44 bits per heavy atom. The molecule has 7 heteroatoms. The van der Waals surface area contributed by atoms with Gasteiger partial charge in [0.15, 0.2) is 0 Å². The summed E-state index contributed by atoms with van der Waals surface area (Å²) in [5.41, 5.74) is 5.86. The van der Waals surface area contributed by atoms with Crippen LogP contribution in [0.5, 0.6) is 0 Å². The molecule has 0 unspecified atom stereocenters. The third-order valence-electron chi connectivity index (χ3n) is 2.39. The summed E-state index contributed by atoms with van der Waals surface area (Å²) in [5.74, 6) is 0.175. The van der Waals surface area contributed by atoms with Gasteiger partial charge in [0.05, 0.1) is 22.0 Å². The van der Waals surface area contributed by atoms with Crippen molar-refractivity contribution in [1.29, 1.82) is 0 Å². The molecule has 0 aliphatic carbocycles. The van der Waals surface area contributed by atoms with Gasteiger partial charge in [-0.15, -0.1) is 0 Å². The molecule has 1 aromatic heterocycles. The highest BCUT2D eigenvalue weighted by Crippen LogP contribution is 2.33. The lowest BCUT2D eigenvalue weighted by atomic mass is 10.2. The van der Waals surface area contributed by atoms with Gasteiger partial charge >= 0.3 is 6.18 Å². The van der Waals surface area contributed by atoms with Crippen LogP contribution in [0.4, 0.5) is 19.1 Å². The highest BCUT2D eigenvalue weighted by molar-refractivity contribution is 6.32. The summed E-state index contributed by atoms with van der Waals surface area (Å²) in [6, 6.07) is 3.09. The highest BCUT2D eigenvalue weighted by atomic mass is 35.5. The van der Waals surface area contributed by atoms with Gasteiger partial charge in [-0.1, -0.05) is 11.6 Å². The molecule has 96 valence electrons. The maximum atomic E-state index is 12.5. The molecule has 18 heavy (non-hydrogen) atoms. The molecule has 2 N–H and O–H groups in total. The predicted octanol–water partition coefficient (Wildman–Crippen LogP) is 3.44. The number of rotatable bonds is 1. The minimum absolute atomic E-state index is 0.0334. The van der Waals surface area contributed by atoms with Crippen LogP contribution in [0.2, 0.25) is 5.02 Å². The van der Waals surface area contributed by atoms with Crippen LogP contribution in [0.15, 0.2) is 24.4 Å². The van der Waals surface area contributed by atoms with Crippen LogP contribution in [0.1, 0.15) is 11.3 Å². The molecule has 0 fully saturated rings. The predicted molar refractivity (Wildman–Crippen MR) is 62.7 cm³/mol. The smallest absolute Gasteiger partial charge is 0.369 e. The third kappa shape index (κ3) is 2.28. The second-order valence-corrected chi connectivity index (χ2v) is 4.18. The average Bonchev–Trinajstić information content (AvgIpc) is 2.56. The maximum absolute atomic E-state index is 12.5. The fourth-order valence-electron chi connectivity index (χ4n) is 1.59. The molecule has 2 aromatic rings. The lowest BCUT2D eigenvalue weighted by Crippen LogP contribution is -2.06. The fraction of sp³-hybridized carbons (Fsp3) is 0.182. The summed E-state index contributed by atoms with van der Waals surface area (Å²) in [6.07, 6.45) is -2.82. The number of anilines is 1. The largest absolute Gasteiger partial charge is 0.416 e. The lowest BCUT2D eigenvalue weighted by Gasteiger charge is -2.11. The van der Waals surface area contributed by atoms with Crippen molar-refractivity contribution in [1.82, 2.24) is 9.55 Å². The van der Waals surface area contributed by atoms with Gasteiger partial charge < -0.3 is 5.73 Å². The monoisotopic (exact) mass is 275 g/mol. The number of benzene rings is 1. The van der Waals surface area contributed by atoms with Crippen molar-refractivity contribution in [3.8, 4) is 5.69 Å². The normalized spacial score (nSPS) is 11.8. The van der Waals surface area contributed by atoms with E-state index in [1.807, 2.05) is 0 Å². The standard InChI is InChI=1S/C11H9ClF3N3/c1-6-5-18(10(16)17-6)9-3-2-7(4-8(9)12)11(13,14)15/h2-5H,1H3,(H2,16,17). The first-order valence-corrected chi connectivity index (χ1v) is 5.35. The summed E-state index contributed by atoms with van der Waals surface area (Å²) in [6.45, 7) is 1.73. The maximum Gasteiger partial charge on any atom is 0.416 e. The van der Waals surface area contributed by atoms with E-state index in [1.54, 1.807) is 13.1 Å². The topological polar surface area (TPSA) is 43.8 Å². The molecule has 2 rings (SSSR count). The zero-order chi connectivity index (χ0) is 13.5. The van der Waals surface area contributed by atoms with Crippen LogP contribution in [-0.4, -0.2) is 9.55 Å². The molecule has 0 saturated carbocycles. The lowest BCUT2D eigenvalue weighted by molar-refractivity contribution is -0.137. The number of halogens is 4. The Balaban J connectivity index is 2.51. The number of hydrogen-bond acceptors (Lipinski definition) is 2. The average molecular weight is 276 g/mol. The van der Waals surface area contributed by atoms with Gasteiger partial charge in [-0.05, 0) is 25.1 Å². The van der Waals surface area contributed by atoms with Gasteiger partial charge in [-0.3, -0.25) is 4.57 Å². The Bertz CT molecular complexity index is 590. The zero-order valence-corrected chi connectivity index (χ0v) is 10.0. The summed E-state index contributed by atoms with van der Waals surface area (Å²) in [4.78, 5) is 3.96. The van der Waals surface area contributed by atoms with Crippen molar-refractivity contribution in [3.05, 3.63) is 40.7 Å². The minimum Gasteiger partial charge on any atom is -0.369 e. The second kappa shape index (κ2) is 4.20. The van der Waals surface area contributed by atoms with Crippen LogP contribution in [0, 0.1) is 6.92 Å². The second-order valence-electron chi connectivity index (χ2n) is 3.77. The Morgan fingerprint density at radius 2 is 2.00 bits per heavy atom. The molecule has 0 amide bonds. The van der Waals surface area contributed by atoms with Crippen LogP contribution < -0.4 is 5.73 Å².